The lowest BCUT2D eigenvalue weighted by Crippen LogP contribution is -1.99. The van der Waals surface area contributed by atoms with E-state index in [4.69, 9.17) is 0 Å². The molecule has 0 bridgehead atoms. The quantitative estimate of drug-likeness (QED) is 0.384. The molecule has 0 radical (unpaired) electrons. The van der Waals surface area contributed by atoms with Crippen molar-refractivity contribution < 1.29 is 0 Å². The van der Waals surface area contributed by atoms with Gasteiger partial charge in [0.05, 0.1) is 0 Å². The van der Waals surface area contributed by atoms with E-state index in [-0.39, 0.29) is 0 Å². The van der Waals surface area contributed by atoms with E-state index >= 15 is 0 Å². The molecule has 1 aliphatic rings. The first-order chi connectivity index (χ1) is 7.93. The molecule has 1 unspecified atom stereocenters. The van der Waals surface area contributed by atoms with Gasteiger partial charge in [0, 0.05) is 0 Å². The molecule has 0 amide bonds. The van der Waals surface area contributed by atoms with Crippen LogP contribution in [0.15, 0.2) is 24.8 Å². The van der Waals surface area contributed by atoms with Gasteiger partial charge >= 0.3 is 0 Å². The summed E-state index contributed by atoms with van der Waals surface area (Å²) < 4.78 is 0. The second-order valence-electron chi connectivity index (χ2n) is 5.11. The molecule has 0 aliphatic heterocycles. The molecule has 0 fully saturated rings. The molecule has 1 aliphatic carbocycles. The summed E-state index contributed by atoms with van der Waals surface area (Å²) in [5.74, 6) is 0.889. The number of allylic oxidation sites excluding steroid dienone is 3. The average molecular weight is 220 g/mol. The van der Waals surface area contributed by atoms with Crippen LogP contribution in [0.25, 0.3) is 0 Å². The summed E-state index contributed by atoms with van der Waals surface area (Å²) in [6.45, 7) is 3.76. The van der Waals surface area contributed by atoms with Gasteiger partial charge in [-0.25, -0.2) is 0 Å². The van der Waals surface area contributed by atoms with Crippen LogP contribution in [0.4, 0.5) is 0 Å². The van der Waals surface area contributed by atoms with E-state index in [1.807, 2.05) is 6.08 Å². The van der Waals surface area contributed by atoms with Crippen LogP contribution in [0.3, 0.4) is 0 Å². The van der Waals surface area contributed by atoms with Crippen LogP contribution in [0.5, 0.6) is 0 Å². The maximum absolute atomic E-state index is 3.76. The molecule has 0 heteroatoms. The zero-order valence-corrected chi connectivity index (χ0v) is 10.8. The lowest BCUT2D eigenvalue weighted by atomic mass is 9.92. The normalized spacial score (nSPS) is 23.4. The maximum atomic E-state index is 3.76. The van der Waals surface area contributed by atoms with E-state index in [1.165, 1.54) is 70.6 Å². The van der Waals surface area contributed by atoms with Gasteiger partial charge < -0.3 is 0 Å². The minimum atomic E-state index is 0.889. The van der Waals surface area contributed by atoms with Crippen LogP contribution in [-0.2, 0) is 0 Å². The van der Waals surface area contributed by atoms with E-state index in [1.54, 1.807) is 0 Å². The van der Waals surface area contributed by atoms with Crippen LogP contribution in [0.2, 0.25) is 0 Å². The third kappa shape index (κ3) is 6.87. The second-order valence-corrected chi connectivity index (χ2v) is 5.11. The Labute approximate surface area is 102 Å². The molecule has 0 N–H and O–H groups in total. The largest absolute Gasteiger partial charge is 0.103 e. The van der Waals surface area contributed by atoms with Gasteiger partial charge in [0.2, 0.25) is 0 Å². The Morgan fingerprint density at radius 3 is 2.81 bits per heavy atom. The molecule has 0 aromatic rings. The predicted molar refractivity (Wildman–Crippen MR) is 73.6 cm³/mol. The Bertz CT molecular complexity index is 190. The monoisotopic (exact) mass is 220 g/mol. The van der Waals surface area contributed by atoms with Crippen molar-refractivity contribution in [3.05, 3.63) is 24.8 Å². The van der Waals surface area contributed by atoms with Gasteiger partial charge in [-0.1, -0.05) is 50.3 Å². The molecule has 92 valence electrons. The van der Waals surface area contributed by atoms with Gasteiger partial charge in [-0.3, -0.25) is 0 Å². The molecular formula is C16H28. The third-order valence-electron chi connectivity index (χ3n) is 3.59. The van der Waals surface area contributed by atoms with Crippen molar-refractivity contribution in [2.24, 2.45) is 5.92 Å². The van der Waals surface area contributed by atoms with E-state index in [9.17, 15) is 0 Å². The topological polar surface area (TPSA) is 0 Å². The second kappa shape index (κ2) is 9.69. The standard InChI is InChI=1S/C16H28/c1-2-3-4-5-7-10-13-16-14-11-8-6-9-12-15-16/h2,11,14,16H,1,3-10,12-13,15H2/b14-11-. The zero-order chi connectivity index (χ0) is 11.5. The summed E-state index contributed by atoms with van der Waals surface area (Å²) in [5, 5.41) is 0. The van der Waals surface area contributed by atoms with E-state index < -0.39 is 0 Å². The highest BCUT2D eigenvalue weighted by atomic mass is 14.1. The fraction of sp³-hybridized carbons (Fsp3) is 0.750. The highest BCUT2D eigenvalue weighted by Gasteiger charge is 2.06. The summed E-state index contributed by atoms with van der Waals surface area (Å²) in [5.41, 5.74) is 0. The van der Waals surface area contributed by atoms with Gasteiger partial charge in [0.15, 0.2) is 0 Å². The Morgan fingerprint density at radius 1 is 1.06 bits per heavy atom. The fourth-order valence-electron chi connectivity index (χ4n) is 2.52. The molecule has 0 nitrogen and oxygen atoms in total. The van der Waals surface area contributed by atoms with Crippen molar-refractivity contribution >= 4 is 0 Å². The molecule has 0 heterocycles. The van der Waals surface area contributed by atoms with Crippen LogP contribution < -0.4 is 0 Å². The smallest absolute Gasteiger partial charge is 0.0234 e. The molecule has 16 heavy (non-hydrogen) atoms. The van der Waals surface area contributed by atoms with Gasteiger partial charge in [0.25, 0.3) is 0 Å². The third-order valence-corrected chi connectivity index (χ3v) is 3.59. The first-order valence-electron chi connectivity index (χ1n) is 7.21. The lowest BCUT2D eigenvalue weighted by Gasteiger charge is -2.14. The van der Waals surface area contributed by atoms with E-state index in [2.05, 4.69) is 18.7 Å². The molecule has 0 spiro atoms. The van der Waals surface area contributed by atoms with E-state index in [0.29, 0.717) is 0 Å². The Morgan fingerprint density at radius 2 is 1.94 bits per heavy atom. The van der Waals surface area contributed by atoms with Crippen molar-refractivity contribution in [3.63, 3.8) is 0 Å². The Balaban J connectivity index is 2.01. The van der Waals surface area contributed by atoms with Gasteiger partial charge in [-0.05, 0) is 44.4 Å². The Hall–Kier alpha value is -0.520. The summed E-state index contributed by atoms with van der Waals surface area (Å²) in [6.07, 6.45) is 22.2. The summed E-state index contributed by atoms with van der Waals surface area (Å²) in [6, 6.07) is 0. The average Bonchev–Trinajstić information content (AvgIpc) is 2.25. The molecule has 0 aromatic carbocycles. The van der Waals surface area contributed by atoms with Crippen LogP contribution in [0, 0.1) is 5.92 Å². The highest BCUT2D eigenvalue weighted by Crippen LogP contribution is 2.22. The van der Waals surface area contributed by atoms with Gasteiger partial charge in [0.1, 0.15) is 0 Å². The number of rotatable bonds is 7. The van der Waals surface area contributed by atoms with Crippen molar-refractivity contribution in [1.82, 2.24) is 0 Å². The first-order valence-corrected chi connectivity index (χ1v) is 7.21. The van der Waals surface area contributed by atoms with Gasteiger partial charge in [-0.2, -0.15) is 0 Å². The van der Waals surface area contributed by atoms with Gasteiger partial charge in [-0.15, -0.1) is 6.58 Å². The van der Waals surface area contributed by atoms with Crippen molar-refractivity contribution in [1.29, 1.82) is 0 Å². The van der Waals surface area contributed by atoms with E-state index in [0.717, 1.165) is 5.92 Å². The maximum Gasteiger partial charge on any atom is -0.0234 e. The van der Waals surface area contributed by atoms with Crippen molar-refractivity contribution in [2.75, 3.05) is 0 Å². The number of hydrogen-bond acceptors (Lipinski definition) is 0. The first kappa shape index (κ1) is 13.5. The van der Waals surface area contributed by atoms with Crippen LogP contribution in [0.1, 0.15) is 70.6 Å². The molecule has 1 rings (SSSR count). The van der Waals surface area contributed by atoms with Crippen LogP contribution >= 0.6 is 0 Å². The highest BCUT2D eigenvalue weighted by molar-refractivity contribution is 4.89. The zero-order valence-electron chi connectivity index (χ0n) is 10.8. The van der Waals surface area contributed by atoms with Crippen molar-refractivity contribution in [3.8, 4) is 0 Å². The Kier molecular flexibility index (Phi) is 8.20. The predicted octanol–water partition coefficient (Wildman–Crippen LogP) is 5.65. The minimum Gasteiger partial charge on any atom is -0.103 e. The molecule has 1 atom stereocenters. The summed E-state index contributed by atoms with van der Waals surface area (Å²) >= 11 is 0. The molecule has 0 saturated heterocycles. The van der Waals surface area contributed by atoms with Crippen molar-refractivity contribution in [2.45, 2.75) is 70.6 Å². The summed E-state index contributed by atoms with van der Waals surface area (Å²) in [4.78, 5) is 0. The number of unbranched alkanes of at least 4 members (excludes halogenated alkanes) is 4. The SMILES string of the molecule is C=CCCCCCCC1/C=C\CCCCC1. The minimum absolute atomic E-state index is 0.889. The fourth-order valence-corrected chi connectivity index (χ4v) is 2.52. The van der Waals surface area contributed by atoms with Crippen LogP contribution in [-0.4, -0.2) is 0 Å². The number of hydrogen-bond donors (Lipinski definition) is 0. The summed E-state index contributed by atoms with van der Waals surface area (Å²) in [7, 11) is 0. The lowest BCUT2D eigenvalue weighted by molar-refractivity contribution is 0.465. The molecule has 0 saturated carbocycles. The molecule has 0 aromatic heterocycles. The molecular weight excluding hydrogens is 192 g/mol.